The monoisotopic (exact) mass is 397 g/mol. The Morgan fingerprint density at radius 3 is 2.40 bits per heavy atom. The summed E-state index contributed by atoms with van der Waals surface area (Å²) in [5.74, 6) is 0. The van der Waals surface area contributed by atoms with Gasteiger partial charge in [-0.1, -0.05) is 36.4 Å². The van der Waals surface area contributed by atoms with Crippen LogP contribution in [0.25, 0.3) is 22.1 Å². The number of rotatable bonds is 1. The minimum absolute atomic E-state index is 0.266. The second-order valence-corrected chi connectivity index (χ2v) is 8.96. The molecule has 2 aromatic heterocycles. The van der Waals surface area contributed by atoms with Crippen molar-refractivity contribution in [2.24, 2.45) is 0 Å². The Morgan fingerprint density at radius 2 is 1.60 bits per heavy atom. The van der Waals surface area contributed by atoms with Gasteiger partial charge in [-0.3, -0.25) is 4.90 Å². The lowest BCUT2D eigenvalue weighted by molar-refractivity contribution is 0.191. The molecule has 0 N–H and O–H groups in total. The number of nitrogens with zero attached hydrogens (tertiary/aromatic N) is 3. The summed E-state index contributed by atoms with van der Waals surface area (Å²) in [5.41, 5.74) is 8.09. The molecule has 2 bridgehead atoms. The van der Waals surface area contributed by atoms with Crippen LogP contribution in [0, 0.1) is 13.8 Å². The Balaban J connectivity index is 1.65. The molecule has 1 aliphatic carbocycles. The molecule has 1 fully saturated rings. The van der Waals surface area contributed by atoms with Crippen molar-refractivity contribution in [3.63, 3.8) is 0 Å². The van der Waals surface area contributed by atoms with Gasteiger partial charge in [-0.15, -0.1) is 0 Å². The highest BCUT2D eigenvalue weighted by molar-refractivity contribution is 6.08. The van der Waals surface area contributed by atoms with E-state index in [0.29, 0.717) is 12.1 Å². The maximum Gasteiger partial charge on any atom is 0.227 e. The molecule has 1 saturated heterocycles. The number of furan rings is 1. The van der Waals surface area contributed by atoms with Crippen molar-refractivity contribution in [1.29, 1.82) is 0 Å². The number of pyridine rings is 1. The Labute approximate surface area is 177 Å². The minimum Gasteiger partial charge on any atom is -0.436 e. The van der Waals surface area contributed by atoms with Crippen molar-refractivity contribution < 1.29 is 4.42 Å². The van der Waals surface area contributed by atoms with E-state index in [1.54, 1.807) is 0 Å². The molecule has 2 aromatic carbocycles. The molecule has 2 aliphatic heterocycles. The molecular weight excluding hydrogens is 370 g/mol. The number of anilines is 1. The van der Waals surface area contributed by atoms with Crippen LogP contribution in [0.2, 0.25) is 0 Å². The second kappa shape index (κ2) is 6.32. The van der Waals surface area contributed by atoms with Gasteiger partial charge in [-0.25, -0.2) is 4.98 Å². The highest BCUT2D eigenvalue weighted by atomic mass is 16.3. The standard InChI is InChI=1S/C26H27N3O/c1-15-9-11-20-21-12-10-16(2)27-26(21)30-25(20)24(15)29-17(3)28(4)22-13-14-23(29)19-8-6-5-7-18(19)22/h5-12,17,22-23H,13-14H2,1-4H3. The van der Waals surface area contributed by atoms with Gasteiger partial charge in [0.25, 0.3) is 0 Å². The fourth-order valence-electron chi connectivity index (χ4n) is 5.73. The molecule has 4 heterocycles. The van der Waals surface area contributed by atoms with Crippen molar-refractivity contribution >= 4 is 27.8 Å². The van der Waals surface area contributed by atoms with Crippen molar-refractivity contribution in [3.05, 3.63) is 70.9 Å². The molecule has 0 spiro atoms. The van der Waals surface area contributed by atoms with Crippen LogP contribution in [-0.2, 0) is 0 Å². The Bertz CT molecular complexity index is 1290. The fraction of sp³-hybridized carbons (Fsp3) is 0.346. The largest absolute Gasteiger partial charge is 0.436 e. The molecule has 3 unspecified atom stereocenters. The summed E-state index contributed by atoms with van der Waals surface area (Å²) in [6, 6.07) is 18.5. The molecular formula is C26H27N3O. The topological polar surface area (TPSA) is 32.5 Å². The molecule has 3 aliphatic rings. The zero-order chi connectivity index (χ0) is 20.6. The summed E-state index contributed by atoms with van der Waals surface area (Å²) < 4.78 is 6.45. The SMILES string of the molecule is Cc1ccc2c(n1)oc1c(N3C4CCC(c5ccccc54)N(C)C3C)c(C)ccc12. The van der Waals surface area contributed by atoms with E-state index >= 15 is 0 Å². The van der Waals surface area contributed by atoms with Crippen LogP contribution in [0.15, 0.2) is 52.9 Å². The molecule has 0 radical (unpaired) electrons. The van der Waals surface area contributed by atoms with Crippen LogP contribution in [-0.4, -0.2) is 23.1 Å². The summed E-state index contributed by atoms with van der Waals surface area (Å²) in [6.07, 6.45) is 2.61. The van der Waals surface area contributed by atoms with Gasteiger partial charge in [0.1, 0.15) is 0 Å². The minimum atomic E-state index is 0.266. The van der Waals surface area contributed by atoms with Crippen LogP contribution in [0.4, 0.5) is 5.69 Å². The molecule has 4 aromatic rings. The molecule has 3 atom stereocenters. The van der Waals surface area contributed by atoms with Gasteiger partial charge in [0.2, 0.25) is 5.71 Å². The molecule has 30 heavy (non-hydrogen) atoms. The number of benzene rings is 2. The van der Waals surface area contributed by atoms with Gasteiger partial charge in [0.05, 0.1) is 17.9 Å². The van der Waals surface area contributed by atoms with Crippen molar-refractivity contribution in [2.45, 2.75) is 51.9 Å². The highest BCUT2D eigenvalue weighted by Gasteiger charge is 2.42. The summed E-state index contributed by atoms with van der Waals surface area (Å²) in [6.45, 7) is 6.55. The first kappa shape index (κ1) is 18.0. The van der Waals surface area contributed by atoms with E-state index in [9.17, 15) is 0 Å². The zero-order valence-corrected chi connectivity index (χ0v) is 18.0. The first-order valence-corrected chi connectivity index (χ1v) is 10.9. The maximum atomic E-state index is 6.45. The van der Waals surface area contributed by atoms with Crippen molar-refractivity contribution in [1.82, 2.24) is 9.88 Å². The number of aryl methyl sites for hydroxylation is 2. The van der Waals surface area contributed by atoms with Crippen LogP contribution in [0.5, 0.6) is 0 Å². The van der Waals surface area contributed by atoms with Gasteiger partial charge < -0.3 is 9.32 Å². The van der Waals surface area contributed by atoms with Crippen molar-refractivity contribution in [2.75, 3.05) is 11.9 Å². The van der Waals surface area contributed by atoms with E-state index in [4.69, 9.17) is 4.42 Å². The van der Waals surface area contributed by atoms with Crippen LogP contribution < -0.4 is 4.90 Å². The van der Waals surface area contributed by atoms with Crippen LogP contribution in [0.1, 0.15) is 54.2 Å². The Hall–Kier alpha value is -2.85. The molecule has 4 heteroatoms. The van der Waals surface area contributed by atoms with E-state index in [1.165, 1.54) is 28.8 Å². The van der Waals surface area contributed by atoms with Crippen molar-refractivity contribution in [3.8, 4) is 0 Å². The zero-order valence-electron chi connectivity index (χ0n) is 18.0. The van der Waals surface area contributed by atoms with E-state index in [2.05, 4.69) is 84.2 Å². The van der Waals surface area contributed by atoms with Gasteiger partial charge in [-0.05, 0) is 69.5 Å². The Morgan fingerprint density at radius 1 is 0.900 bits per heavy atom. The highest BCUT2D eigenvalue weighted by Crippen LogP contribution is 2.51. The van der Waals surface area contributed by atoms with E-state index < -0.39 is 0 Å². The molecule has 0 amide bonds. The van der Waals surface area contributed by atoms with E-state index in [-0.39, 0.29) is 6.17 Å². The number of hydrogen-bond donors (Lipinski definition) is 0. The molecule has 152 valence electrons. The second-order valence-electron chi connectivity index (χ2n) is 8.96. The smallest absolute Gasteiger partial charge is 0.227 e. The lowest BCUT2D eigenvalue weighted by Gasteiger charge is -2.39. The summed E-state index contributed by atoms with van der Waals surface area (Å²) in [5, 5.41) is 2.25. The predicted molar refractivity (Wildman–Crippen MR) is 122 cm³/mol. The third kappa shape index (κ3) is 2.34. The predicted octanol–water partition coefficient (Wildman–Crippen LogP) is 6.27. The fourth-order valence-corrected chi connectivity index (χ4v) is 5.73. The van der Waals surface area contributed by atoms with Gasteiger partial charge >= 0.3 is 0 Å². The third-order valence-corrected chi connectivity index (χ3v) is 7.33. The maximum absolute atomic E-state index is 6.45. The lowest BCUT2D eigenvalue weighted by atomic mass is 9.84. The number of aromatic nitrogens is 1. The molecule has 4 nitrogen and oxygen atoms in total. The van der Waals surface area contributed by atoms with Crippen LogP contribution >= 0.6 is 0 Å². The van der Waals surface area contributed by atoms with Crippen LogP contribution in [0.3, 0.4) is 0 Å². The molecule has 7 rings (SSSR count). The summed E-state index contributed by atoms with van der Waals surface area (Å²) in [4.78, 5) is 9.82. The van der Waals surface area contributed by atoms with Gasteiger partial charge in [0.15, 0.2) is 5.58 Å². The number of hydrogen-bond acceptors (Lipinski definition) is 4. The van der Waals surface area contributed by atoms with Gasteiger partial charge in [0, 0.05) is 22.5 Å². The number of fused-ring (bicyclic) bond motifs is 6. The summed E-state index contributed by atoms with van der Waals surface area (Å²) in [7, 11) is 2.27. The van der Waals surface area contributed by atoms with E-state index in [0.717, 1.165) is 34.2 Å². The van der Waals surface area contributed by atoms with Gasteiger partial charge in [-0.2, -0.15) is 0 Å². The Kier molecular flexibility index (Phi) is 3.79. The average molecular weight is 398 g/mol. The first-order valence-electron chi connectivity index (χ1n) is 10.9. The molecule has 0 saturated carbocycles. The van der Waals surface area contributed by atoms with E-state index in [1.807, 2.05) is 6.92 Å². The first-order chi connectivity index (χ1) is 14.5. The quantitative estimate of drug-likeness (QED) is 0.379. The summed E-state index contributed by atoms with van der Waals surface area (Å²) >= 11 is 0. The normalized spacial score (nSPS) is 23.9. The lowest BCUT2D eigenvalue weighted by Crippen LogP contribution is -2.43. The average Bonchev–Trinajstić information content (AvgIpc) is 3.02. The third-order valence-electron chi connectivity index (χ3n) is 7.33.